The van der Waals surface area contributed by atoms with E-state index in [1.165, 1.54) is 18.3 Å². The van der Waals surface area contributed by atoms with Crippen molar-refractivity contribution in [1.82, 2.24) is 15.6 Å². The molecule has 1 aromatic heterocycles. The van der Waals surface area contributed by atoms with E-state index in [1.54, 1.807) is 0 Å². The second-order valence-electron chi connectivity index (χ2n) is 9.04. The fourth-order valence-corrected chi connectivity index (χ4v) is 3.45. The Morgan fingerprint density at radius 1 is 1.21 bits per heavy atom. The molecule has 1 aliphatic carbocycles. The zero-order chi connectivity index (χ0) is 25.1. The maximum atomic E-state index is 12.7. The van der Waals surface area contributed by atoms with E-state index in [9.17, 15) is 14.4 Å². The Bertz CT molecular complexity index is 963. The van der Waals surface area contributed by atoms with Crippen molar-refractivity contribution in [3.05, 3.63) is 59.4 Å². The maximum absolute atomic E-state index is 12.7. The third-order valence-corrected chi connectivity index (χ3v) is 5.70. The summed E-state index contributed by atoms with van der Waals surface area (Å²) in [6.07, 6.45) is 4.30. The van der Waals surface area contributed by atoms with Crippen molar-refractivity contribution in [3.63, 3.8) is 0 Å². The van der Waals surface area contributed by atoms with Crippen LogP contribution in [0.2, 0.25) is 0 Å². The minimum Gasteiger partial charge on any atom is -0.478 e. The van der Waals surface area contributed by atoms with Crippen molar-refractivity contribution >= 4 is 23.9 Å². The van der Waals surface area contributed by atoms with Gasteiger partial charge in [0.1, 0.15) is 6.29 Å². The van der Waals surface area contributed by atoms with Gasteiger partial charge in [-0.25, -0.2) is 4.79 Å². The zero-order valence-electron chi connectivity index (χ0n) is 20.4. The van der Waals surface area contributed by atoms with Crippen LogP contribution in [-0.4, -0.2) is 41.3 Å². The molecule has 8 nitrogen and oxygen atoms in total. The molecule has 0 spiro atoms. The first-order chi connectivity index (χ1) is 16.2. The van der Waals surface area contributed by atoms with Gasteiger partial charge in [-0.2, -0.15) is 0 Å². The first-order valence-electron chi connectivity index (χ1n) is 11.6. The number of aldehydes is 1. The summed E-state index contributed by atoms with van der Waals surface area (Å²) >= 11 is 0. The van der Waals surface area contributed by atoms with Crippen molar-refractivity contribution < 1.29 is 19.5 Å². The summed E-state index contributed by atoms with van der Waals surface area (Å²) < 4.78 is 0. The lowest BCUT2D eigenvalue weighted by atomic mass is 10.0. The summed E-state index contributed by atoms with van der Waals surface area (Å²) in [6, 6.07) is 10.4. The molecule has 0 bridgehead atoms. The smallest absolute Gasteiger partial charge is 0.335 e. The van der Waals surface area contributed by atoms with Crippen LogP contribution in [-0.2, 0) is 22.7 Å². The molecule has 0 aliphatic heterocycles. The molecule has 4 N–H and O–H groups in total. The second kappa shape index (κ2) is 13.4. The van der Waals surface area contributed by atoms with Gasteiger partial charge < -0.3 is 25.9 Å². The van der Waals surface area contributed by atoms with Crippen molar-refractivity contribution in [1.29, 1.82) is 0 Å². The Kier molecular flexibility index (Phi) is 10.7. The Hall–Kier alpha value is -3.26. The molecule has 3 unspecified atom stereocenters. The highest BCUT2D eigenvalue weighted by molar-refractivity contribution is 5.87. The van der Waals surface area contributed by atoms with E-state index in [0.29, 0.717) is 43.0 Å². The number of carboxylic acid groups (broad SMARTS) is 1. The summed E-state index contributed by atoms with van der Waals surface area (Å²) in [5.41, 5.74) is 2.76. The van der Waals surface area contributed by atoms with Crippen LogP contribution in [0.4, 0.5) is 5.69 Å². The molecule has 1 fully saturated rings. The topological polar surface area (TPSA) is 120 Å². The predicted molar refractivity (Wildman–Crippen MR) is 132 cm³/mol. The van der Waals surface area contributed by atoms with Gasteiger partial charge in [-0.1, -0.05) is 39.0 Å². The average Bonchev–Trinajstić information content (AvgIpc) is 3.56. The van der Waals surface area contributed by atoms with E-state index < -0.39 is 12.0 Å². The minimum atomic E-state index is -0.997. The monoisotopic (exact) mass is 468 g/mol. The molecule has 0 radical (unpaired) electrons. The van der Waals surface area contributed by atoms with Gasteiger partial charge in [-0.05, 0) is 48.4 Å². The lowest BCUT2D eigenvalue weighted by Crippen LogP contribution is -2.44. The minimum absolute atomic E-state index is 0.0889. The van der Waals surface area contributed by atoms with Crippen LogP contribution >= 0.6 is 0 Å². The number of anilines is 1. The first-order valence-corrected chi connectivity index (χ1v) is 11.6. The van der Waals surface area contributed by atoms with Gasteiger partial charge in [0, 0.05) is 37.9 Å². The Morgan fingerprint density at radius 2 is 1.91 bits per heavy atom. The molecular formula is C26H36N4O4. The molecule has 1 amide bonds. The van der Waals surface area contributed by atoms with Gasteiger partial charge >= 0.3 is 5.97 Å². The summed E-state index contributed by atoms with van der Waals surface area (Å²) in [6.45, 7) is 6.96. The molecule has 3 atom stereocenters. The van der Waals surface area contributed by atoms with E-state index in [1.807, 2.05) is 31.3 Å². The highest BCUT2D eigenvalue weighted by Gasteiger charge is 2.31. The predicted octanol–water partition coefficient (Wildman–Crippen LogP) is 3.48. The van der Waals surface area contributed by atoms with Gasteiger partial charge in [-0.3, -0.25) is 9.78 Å². The lowest BCUT2D eigenvalue weighted by molar-refractivity contribution is -0.123. The van der Waals surface area contributed by atoms with Crippen molar-refractivity contribution in [2.75, 3.05) is 12.4 Å². The number of para-hydroxylation sites is 1. The SMILES string of the molecule is CC1CC1C=O.CNc1ccccc1CNC(=O)C(CC(C)C)NCc1cc(C(=O)O)ccn1. The number of hydrogen-bond donors (Lipinski definition) is 4. The quantitative estimate of drug-likeness (QED) is 0.373. The molecule has 0 saturated heterocycles. The van der Waals surface area contributed by atoms with Gasteiger partial charge in [0.05, 0.1) is 17.3 Å². The number of amides is 1. The van der Waals surface area contributed by atoms with Crippen LogP contribution in [0.1, 0.15) is 55.2 Å². The van der Waals surface area contributed by atoms with Crippen molar-refractivity contribution in [3.8, 4) is 0 Å². The van der Waals surface area contributed by atoms with Crippen LogP contribution in [0, 0.1) is 17.8 Å². The van der Waals surface area contributed by atoms with Crippen LogP contribution in [0.3, 0.4) is 0 Å². The molecule has 34 heavy (non-hydrogen) atoms. The molecule has 2 aromatic rings. The number of carbonyl (C=O) groups is 3. The fourth-order valence-electron chi connectivity index (χ4n) is 3.45. The van der Waals surface area contributed by atoms with Gasteiger partial charge in [0.25, 0.3) is 0 Å². The number of carboxylic acids is 1. The number of nitrogens with zero attached hydrogens (tertiary/aromatic N) is 1. The molecule has 1 heterocycles. The molecule has 1 saturated carbocycles. The summed E-state index contributed by atoms with van der Waals surface area (Å²) in [7, 11) is 1.85. The average molecular weight is 469 g/mol. The molecular weight excluding hydrogens is 432 g/mol. The summed E-state index contributed by atoms with van der Waals surface area (Å²) in [5.74, 6) is 0.357. The van der Waals surface area contributed by atoms with Crippen LogP contribution in [0.5, 0.6) is 0 Å². The van der Waals surface area contributed by atoms with Crippen molar-refractivity contribution in [2.24, 2.45) is 17.8 Å². The third kappa shape index (κ3) is 8.94. The van der Waals surface area contributed by atoms with Gasteiger partial charge in [-0.15, -0.1) is 0 Å². The number of benzene rings is 1. The van der Waals surface area contributed by atoms with E-state index >= 15 is 0 Å². The van der Waals surface area contributed by atoms with Gasteiger partial charge in [0.2, 0.25) is 5.91 Å². The van der Waals surface area contributed by atoms with E-state index in [4.69, 9.17) is 5.11 Å². The number of aromatic carboxylic acids is 1. The molecule has 184 valence electrons. The standard InChI is InChI=1S/C21H28N4O3.C5H8O/c1-14(2)10-19(24-13-17-11-15(21(27)28)8-9-23-17)20(26)25-12-16-6-4-5-7-18(16)22-3;1-4-2-5(4)3-6/h4-9,11,14,19,22,24H,10,12-13H2,1-3H3,(H,25,26)(H,27,28);3-5H,2H2,1H3. The number of pyridine rings is 1. The van der Waals surface area contributed by atoms with Crippen molar-refractivity contribution in [2.45, 2.75) is 52.7 Å². The van der Waals surface area contributed by atoms with E-state index in [2.05, 4.69) is 41.7 Å². The van der Waals surface area contributed by atoms with E-state index in [-0.39, 0.29) is 11.5 Å². The number of nitrogens with one attached hydrogen (secondary N) is 3. The van der Waals surface area contributed by atoms with Crippen LogP contribution in [0.25, 0.3) is 0 Å². The van der Waals surface area contributed by atoms with Crippen LogP contribution < -0.4 is 16.0 Å². The molecule has 8 heteroatoms. The van der Waals surface area contributed by atoms with Gasteiger partial charge in [0.15, 0.2) is 0 Å². The largest absolute Gasteiger partial charge is 0.478 e. The third-order valence-electron chi connectivity index (χ3n) is 5.70. The number of hydrogen-bond acceptors (Lipinski definition) is 6. The van der Waals surface area contributed by atoms with Crippen LogP contribution in [0.15, 0.2) is 42.6 Å². The number of aromatic nitrogens is 1. The molecule has 1 aliphatic rings. The Labute approximate surface area is 201 Å². The fraction of sp³-hybridized carbons (Fsp3) is 0.462. The molecule has 1 aromatic carbocycles. The highest BCUT2D eigenvalue weighted by Crippen LogP contribution is 2.35. The normalized spacial score (nSPS) is 17.2. The number of rotatable bonds is 11. The number of carbonyl (C=O) groups excluding carboxylic acids is 2. The zero-order valence-corrected chi connectivity index (χ0v) is 20.4. The summed E-state index contributed by atoms with van der Waals surface area (Å²) in [4.78, 5) is 37.8. The summed E-state index contributed by atoms with van der Waals surface area (Å²) in [5, 5.41) is 18.4. The Morgan fingerprint density at radius 3 is 2.47 bits per heavy atom. The second-order valence-corrected chi connectivity index (χ2v) is 9.04. The highest BCUT2D eigenvalue weighted by atomic mass is 16.4. The van der Waals surface area contributed by atoms with E-state index in [0.717, 1.165) is 24.0 Å². The lowest BCUT2D eigenvalue weighted by Gasteiger charge is -2.20. The maximum Gasteiger partial charge on any atom is 0.335 e. The molecule has 3 rings (SSSR count). The first kappa shape index (κ1) is 27.0. The Balaban J connectivity index is 0.000000589.